The molecule has 7 nitrogen and oxygen atoms in total. The van der Waals surface area contributed by atoms with Crippen molar-refractivity contribution in [3.63, 3.8) is 0 Å². The summed E-state index contributed by atoms with van der Waals surface area (Å²) in [5, 5.41) is 4.01. The van der Waals surface area contributed by atoms with E-state index in [0.717, 1.165) is 17.9 Å². The van der Waals surface area contributed by atoms with Crippen LogP contribution in [0.4, 0.5) is 4.79 Å². The molecule has 2 aliphatic rings. The number of benzene rings is 1. The van der Waals surface area contributed by atoms with E-state index in [1.165, 1.54) is 6.07 Å². The van der Waals surface area contributed by atoms with Gasteiger partial charge in [0.2, 0.25) is 0 Å². The number of carbonyl (C=O) groups is 3. The van der Waals surface area contributed by atoms with Gasteiger partial charge in [-0.05, 0) is 55.9 Å². The monoisotopic (exact) mass is 401 g/mol. The van der Waals surface area contributed by atoms with Gasteiger partial charge in [-0.1, -0.05) is 30.7 Å². The van der Waals surface area contributed by atoms with Gasteiger partial charge >= 0.3 is 11.9 Å². The standard InChI is InChI=1S/C20H20ClN3O4/c1-12-8-10-20(11-9-12)18(26)24(19(27)22-20)23-17(25)16-7-6-15(28-16)13-4-2-3-5-14(13)21/h2-7,12H,8-11H2,1H3,(H,22,27)(H,23,25). The minimum absolute atomic E-state index is 0.0197. The number of furan rings is 1. The highest BCUT2D eigenvalue weighted by Gasteiger charge is 2.53. The molecule has 2 fully saturated rings. The summed E-state index contributed by atoms with van der Waals surface area (Å²) in [5.41, 5.74) is 2.10. The van der Waals surface area contributed by atoms with Gasteiger partial charge < -0.3 is 9.73 Å². The molecule has 2 N–H and O–H groups in total. The van der Waals surface area contributed by atoms with Crippen LogP contribution in [0.3, 0.4) is 0 Å². The fraction of sp³-hybridized carbons (Fsp3) is 0.350. The van der Waals surface area contributed by atoms with Crippen LogP contribution in [0.1, 0.15) is 43.2 Å². The lowest BCUT2D eigenvalue weighted by molar-refractivity contribution is -0.134. The molecule has 1 aliphatic carbocycles. The third kappa shape index (κ3) is 3.16. The number of urea groups is 1. The van der Waals surface area contributed by atoms with Gasteiger partial charge in [-0.3, -0.25) is 9.59 Å². The minimum Gasteiger partial charge on any atom is -0.451 e. The Hall–Kier alpha value is -2.80. The number of rotatable bonds is 3. The van der Waals surface area contributed by atoms with Crippen molar-refractivity contribution in [3.8, 4) is 11.3 Å². The van der Waals surface area contributed by atoms with E-state index in [1.54, 1.807) is 30.3 Å². The highest BCUT2D eigenvalue weighted by molar-refractivity contribution is 6.33. The lowest BCUT2D eigenvalue weighted by Gasteiger charge is -2.33. The van der Waals surface area contributed by atoms with E-state index >= 15 is 0 Å². The van der Waals surface area contributed by atoms with Crippen LogP contribution in [0.25, 0.3) is 11.3 Å². The van der Waals surface area contributed by atoms with Gasteiger partial charge in [-0.2, -0.15) is 5.01 Å². The molecule has 0 radical (unpaired) electrons. The molecular weight excluding hydrogens is 382 g/mol. The van der Waals surface area contributed by atoms with Crippen LogP contribution < -0.4 is 10.7 Å². The number of carbonyl (C=O) groups excluding carboxylic acids is 3. The Morgan fingerprint density at radius 3 is 2.64 bits per heavy atom. The number of halogens is 1. The molecule has 0 unspecified atom stereocenters. The molecule has 2 aromatic rings. The Morgan fingerprint density at radius 1 is 1.21 bits per heavy atom. The maximum atomic E-state index is 12.8. The molecule has 4 rings (SSSR count). The lowest BCUT2D eigenvalue weighted by Crippen LogP contribution is -2.51. The largest absolute Gasteiger partial charge is 0.451 e. The molecule has 8 heteroatoms. The number of amides is 4. The van der Waals surface area contributed by atoms with E-state index in [4.69, 9.17) is 16.0 Å². The summed E-state index contributed by atoms with van der Waals surface area (Å²) in [6.45, 7) is 2.13. The van der Waals surface area contributed by atoms with Crippen LogP contribution in [-0.2, 0) is 4.79 Å². The number of hydrazine groups is 1. The number of nitrogens with one attached hydrogen (secondary N) is 2. The molecule has 1 spiro atoms. The molecule has 1 aliphatic heterocycles. The van der Waals surface area contributed by atoms with Gasteiger partial charge in [0, 0.05) is 5.56 Å². The summed E-state index contributed by atoms with van der Waals surface area (Å²) in [6.07, 6.45) is 2.85. The Morgan fingerprint density at radius 2 is 1.93 bits per heavy atom. The van der Waals surface area contributed by atoms with Crippen molar-refractivity contribution in [2.45, 2.75) is 38.1 Å². The van der Waals surface area contributed by atoms with Gasteiger partial charge in [0.05, 0.1) is 5.02 Å². The maximum Gasteiger partial charge on any atom is 0.344 e. The minimum atomic E-state index is -0.914. The zero-order valence-corrected chi connectivity index (χ0v) is 16.1. The third-order valence-corrected chi connectivity index (χ3v) is 5.80. The van der Waals surface area contributed by atoms with Crippen molar-refractivity contribution in [3.05, 3.63) is 47.2 Å². The van der Waals surface area contributed by atoms with Crippen LogP contribution in [0.5, 0.6) is 0 Å². The quantitative estimate of drug-likeness (QED) is 0.766. The van der Waals surface area contributed by atoms with Crippen molar-refractivity contribution in [1.82, 2.24) is 15.8 Å². The van der Waals surface area contributed by atoms with Gasteiger partial charge in [-0.25, -0.2) is 10.2 Å². The summed E-state index contributed by atoms with van der Waals surface area (Å²) in [4.78, 5) is 37.7. The second-order valence-corrected chi connectivity index (χ2v) is 7.83. The fourth-order valence-corrected chi connectivity index (χ4v) is 3.97. The Bertz CT molecular complexity index is 946. The van der Waals surface area contributed by atoms with Gasteiger partial charge in [-0.15, -0.1) is 0 Å². The van der Waals surface area contributed by atoms with E-state index in [-0.39, 0.29) is 5.76 Å². The Labute approximate surface area is 167 Å². The van der Waals surface area contributed by atoms with Crippen LogP contribution >= 0.6 is 11.6 Å². The third-order valence-electron chi connectivity index (χ3n) is 5.47. The van der Waals surface area contributed by atoms with Crippen molar-refractivity contribution in [2.24, 2.45) is 5.92 Å². The number of hydrogen-bond acceptors (Lipinski definition) is 4. The highest BCUT2D eigenvalue weighted by atomic mass is 35.5. The summed E-state index contributed by atoms with van der Waals surface area (Å²) < 4.78 is 5.58. The van der Waals surface area contributed by atoms with Crippen molar-refractivity contribution in [2.75, 3.05) is 0 Å². The molecule has 28 heavy (non-hydrogen) atoms. The normalized spacial score (nSPS) is 24.5. The molecule has 146 valence electrons. The van der Waals surface area contributed by atoms with Crippen LogP contribution in [0.2, 0.25) is 5.02 Å². The van der Waals surface area contributed by atoms with E-state index in [9.17, 15) is 14.4 Å². The average Bonchev–Trinajstić information content (AvgIpc) is 3.25. The highest BCUT2D eigenvalue weighted by Crippen LogP contribution is 2.36. The zero-order valence-electron chi connectivity index (χ0n) is 15.3. The second-order valence-electron chi connectivity index (χ2n) is 7.42. The van der Waals surface area contributed by atoms with Crippen LogP contribution in [0, 0.1) is 5.92 Å². The van der Waals surface area contributed by atoms with Gasteiger partial charge in [0.15, 0.2) is 5.76 Å². The number of nitrogens with zero attached hydrogens (tertiary/aromatic N) is 1. The lowest BCUT2D eigenvalue weighted by atomic mass is 9.77. The van der Waals surface area contributed by atoms with Crippen molar-refractivity contribution < 1.29 is 18.8 Å². The first-order chi connectivity index (χ1) is 13.4. The summed E-state index contributed by atoms with van der Waals surface area (Å²) in [7, 11) is 0. The van der Waals surface area contributed by atoms with E-state index in [1.807, 2.05) is 0 Å². The predicted octanol–water partition coefficient (Wildman–Crippen LogP) is 3.75. The molecular formula is C20H20ClN3O4. The fourth-order valence-electron chi connectivity index (χ4n) is 3.74. The predicted molar refractivity (Wildman–Crippen MR) is 102 cm³/mol. The van der Waals surface area contributed by atoms with Crippen molar-refractivity contribution >= 4 is 29.4 Å². The number of imide groups is 1. The maximum absolute atomic E-state index is 12.8. The van der Waals surface area contributed by atoms with Gasteiger partial charge in [0.1, 0.15) is 11.3 Å². The molecule has 2 heterocycles. The van der Waals surface area contributed by atoms with E-state index in [0.29, 0.717) is 35.1 Å². The smallest absolute Gasteiger partial charge is 0.344 e. The molecule has 1 aromatic heterocycles. The SMILES string of the molecule is CC1CCC2(CC1)NC(=O)N(NC(=O)c1ccc(-c3ccccc3Cl)o1)C2=O. The molecule has 0 atom stereocenters. The van der Waals surface area contributed by atoms with E-state index < -0.39 is 23.4 Å². The van der Waals surface area contributed by atoms with Crippen molar-refractivity contribution in [1.29, 1.82) is 0 Å². The Kier molecular flexibility index (Phi) is 4.63. The summed E-state index contributed by atoms with van der Waals surface area (Å²) >= 11 is 6.15. The second kappa shape index (κ2) is 6.98. The average molecular weight is 402 g/mol. The number of hydrogen-bond donors (Lipinski definition) is 2. The summed E-state index contributed by atoms with van der Waals surface area (Å²) in [6, 6.07) is 9.57. The first-order valence-electron chi connectivity index (χ1n) is 9.22. The molecule has 0 bridgehead atoms. The first kappa shape index (κ1) is 18.6. The molecule has 1 saturated heterocycles. The van der Waals surface area contributed by atoms with Gasteiger partial charge in [0.25, 0.3) is 5.91 Å². The zero-order chi connectivity index (χ0) is 19.9. The first-order valence-corrected chi connectivity index (χ1v) is 9.60. The Balaban J connectivity index is 1.49. The topological polar surface area (TPSA) is 91.7 Å². The van der Waals surface area contributed by atoms with Crippen LogP contribution in [-0.4, -0.2) is 28.4 Å². The summed E-state index contributed by atoms with van der Waals surface area (Å²) in [5.74, 6) is -0.177. The molecule has 1 aromatic carbocycles. The van der Waals surface area contributed by atoms with E-state index in [2.05, 4.69) is 17.7 Å². The van der Waals surface area contributed by atoms with Crippen LogP contribution in [0.15, 0.2) is 40.8 Å². The molecule has 4 amide bonds. The molecule has 1 saturated carbocycles.